The lowest BCUT2D eigenvalue weighted by atomic mass is 9.80. The highest BCUT2D eigenvalue weighted by Crippen LogP contribution is 2.51. The van der Waals surface area contributed by atoms with E-state index in [1.165, 1.54) is 33.4 Å². The minimum Gasteiger partial charge on any atom is -0.437 e. The van der Waals surface area contributed by atoms with Crippen molar-refractivity contribution in [3.8, 4) is 22.4 Å². The number of benzene rings is 2. The van der Waals surface area contributed by atoms with Crippen LogP contribution in [0, 0.1) is 51.4 Å². The summed E-state index contributed by atoms with van der Waals surface area (Å²) in [4.78, 5) is 4.65. The zero-order valence-electron chi connectivity index (χ0n) is 24.9. The summed E-state index contributed by atoms with van der Waals surface area (Å²) in [5, 5.41) is 2.18. The van der Waals surface area contributed by atoms with E-state index in [1.807, 2.05) is 6.92 Å². The average Bonchev–Trinajstić information content (AvgIpc) is 3.33. The second-order valence-electron chi connectivity index (χ2n) is 12.4. The molecule has 1 aliphatic carbocycles. The third-order valence-corrected chi connectivity index (χ3v) is 10.1. The van der Waals surface area contributed by atoms with Crippen molar-refractivity contribution < 1.29 is 8.98 Å². The van der Waals surface area contributed by atoms with Crippen molar-refractivity contribution in [2.75, 3.05) is 0 Å². The maximum atomic E-state index is 6.38. The van der Waals surface area contributed by atoms with Crippen LogP contribution in [-0.4, -0.2) is 4.98 Å². The van der Waals surface area contributed by atoms with Crippen molar-refractivity contribution in [3.05, 3.63) is 82.7 Å². The summed E-state index contributed by atoms with van der Waals surface area (Å²) >= 11 is 0. The maximum absolute atomic E-state index is 6.38. The lowest BCUT2D eigenvalue weighted by Gasteiger charge is -2.24. The minimum absolute atomic E-state index is 0.630. The molecule has 4 atom stereocenters. The van der Waals surface area contributed by atoms with E-state index in [0.29, 0.717) is 23.5 Å². The number of furan rings is 1. The highest BCUT2D eigenvalue weighted by molar-refractivity contribution is 6.08. The number of pyridine rings is 2. The van der Waals surface area contributed by atoms with E-state index in [-0.39, 0.29) is 0 Å². The van der Waals surface area contributed by atoms with Crippen molar-refractivity contribution >= 4 is 22.1 Å². The highest BCUT2D eigenvalue weighted by atomic mass is 16.3. The number of aromatic nitrogens is 2. The number of rotatable bonds is 3. The Morgan fingerprint density at radius 1 is 0.692 bits per heavy atom. The van der Waals surface area contributed by atoms with E-state index < -0.39 is 0 Å². The van der Waals surface area contributed by atoms with Gasteiger partial charge in [0.05, 0.1) is 5.56 Å². The normalized spacial score (nSPS) is 23.3. The smallest absolute Gasteiger partial charge is 0.227 e. The standard InChI is InChI=1S/C36H41N2O/c1-19-10-13-29-30-14-11-22(4)37-36(30)39-35(29)33(19)31-15-12-27(18-38(31)9)32-20(2)16-28(17-21(32)3)34-25(7)23(5)24(6)26(34)8/h10-18,23-26,34H,1-9H3/q+1. The van der Waals surface area contributed by atoms with E-state index >= 15 is 0 Å². The molecule has 0 spiro atoms. The predicted molar refractivity (Wildman–Crippen MR) is 162 cm³/mol. The first kappa shape index (κ1) is 25.8. The number of hydrogen-bond donors (Lipinski definition) is 0. The molecule has 0 amide bonds. The summed E-state index contributed by atoms with van der Waals surface area (Å²) in [6.45, 7) is 18.5. The largest absolute Gasteiger partial charge is 0.437 e. The Labute approximate surface area is 232 Å². The summed E-state index contributed by atoms with van der Waals surface area (Å²) in [5.74, 6) is 3.57. The second-order valence-corrected chi connectivity index (χ2v) is 12.4. The molecule has 2 aromatic carbocycles. The molecule has 0 N–H and O–H groups in total. The zero-order chi connectivity index (χ0) is 27.7. The van der Waals surface area contributed by atoms with E-state index in [0.717, 1.165) is 45.1 Å². The molecule has 0 saturated heterocycles. The van der Waals surface area contributed by atoms with Gasteiger partial charge in [-0.25, -0.2) is 9.55 Å². The fraction of sp³-hybridized carbons (Fsp3) is 0.389. The van der Waals surface area contributed by atoms with Crippen LogP contribution in [0.1, 0.15) is 61.6 Å². The number of nitrogens with zero attached hydrogens (tertiary/aromatic N) is 2. The van der Waals surface area contributed by atoms with Gasteiger partial charge < -0.3 is 4.42 Å². The summed E-state index contributed by atoms with van der Waals surface area (Å²) in [7, 11) is 2.14. The summed E-state index contributed by atoms with van der Waals surface area (Å²) in [5.41, 5.74) is 12.9. The molecular formula is C36H41N2O+. The van der Waals surface area contributed by atoms with Crippen molar-refractivity contribution in [2.45, 2.75) is 61.3 Å². The Balaban J connectivity index is 1.43. The van der Waals surface area contributed by atoms with Crippen LogP contribution < -0.4 is 4.57 Å². The van der Waals surface area contributed by atoms with Crippen LogP contribution >= 0.6 is 0 Å². The number of fused-ring (bicyclic) bond motifs is 3. The van der Waals surface area contributed by atoms with Crippen LogP contribution in [0.3, 0.4) is 0 Å². The topological polar surface area (TPSA) is 29.9 Å². The molecule has 39 heavy (non-hydrogen) atoms. The quantitative estimate of drug-likeness (QED) is 0.223. The van der Waals surface area contributed by atoms with Gasteiger partial charge in [-0.05, 0) is 103 Å². The number of hydrogen-bond acceptors (Lipinski definition) is 2. The second kappa shape index (κ2) is 9.33. The van der Waals surface area contributed by atoms with Crippen molar-refractivity contribution in [1.82, 2.24) is 4.98 Å². The number of aryl methyl sites for hydroxylation is 5. The molecule has 5 aromatic rings. The fourth-order valence-corrected chi connectivity index (χ4v) is 7.59. The van der Waals surface area contributed by atoms with Crippen molar-refractivity contribution in [2.24, 2.45) is 30.7 Å². The Kier molecular flexibility index (Phi) is 6.17. The molecule has 3 heterocycles. The van der Waals surface area contributed by atoms with Crippen LogP contribution in [0.25, 0.3) is 44.5 Å². The Morgan fingerprint density at radius 3 is 1.97 bits per heavy atom. The van der Waals surface area contributed by atoms with Gasteiger partial charge in [-0.15, -0.1) is 0 Å². The predicted octanol–water partition coefficient (Wildman–Crippen LogP) is 9.01. The maximum Gasteiger partial charge on any atom is 0.227 e. The SMILES string of the molecule is Cc1ccc2c(n1)oc1c(-c3ccc(-c4c(C)cc(C5C(C)C(C)C(C)C5C)cc4C)c[n+]3C)c(C)ccc12. The first-order chi connectivity index (χ1) is 18.6. The molecule has 6 rings (SSSR count). The molecule has 1 saturated carbocycles. The molecule has 0 aliphatic heterocycles. The molecule has 1 aliphatic rings. The third-order valence-electron chi connectivity index (χ3n) is 10.1. The summed E-state index contributed by atoms with van der Waals surface area (Å²) in [6.07, 6.45) is 2.28. The van der Waals surface area contributed by atoms with Gasteiger partial charge in [0.1, 0.15) is 7.05 Å². The van der Waals surface area contributed by atoms with Gasteiger partial charge in [-0.3, -0.25) is 0 Å². The minimum atomic E-state index is 0.630. The highest BCUT2D eigenvalue weighted by Gasteiger charge is 2.42. The third kappa shape index (κ3) is 4.01. The molecular weight excluding hydrogens is 476 g/mol. The van der Waals surface area contributed by atoms with E-state index in [1.54, 1.807) is 0 Å². The fourth-order valence-electron chi connectivity index (χ4n) is 7.59. The molecule has 200 valence electrons. The molecule has 0 bridgehead atoms. The van der Waals surface area contributed by atoms with Gasteiger partial charge in [0.15, 0.2) is 11.8 Å². The van der Waals surface area contributed by atoms with Gasteiger partial charge in [-0.1, -0.05) is 52.0 Å². The Hall–Kier alpha value is -3.46. The van der Waals surface area contributed by atoms with Crippen LogP contribution in [0.4, 0.5) is 0 Å². The lowest BCUT2D eigenvalue weighted by molar-refractivity contribution is -0.659. The molecule has 3 heteroatoms. The lowest BCUT2D eigenvalue weighted by Crippen LogP contribution is -2.31. The van der Waals surface area contributed by atoms with Gasteiger partial charge in [0.25, 0.3) is 0 Å². The first-order valence-electron chi connectivity index (χ1n) is 14.5. The van der Waals surface area contributed by atoms with Gasteiger partial charge >= 0.3 is 0 Å². The molecule has 0 radical (unpaired) electrons. The molecule has 1 fully saturated rings. The van der Waals surface area contributed by atoms with Gasteiger partial charge in [0, 0.05) is 28.1 Å². The average molecular weight is 518 g/mol. The van der Waals surface area contributed by atoms with Crippen LogP contribution in [-0.2, 0) is 7.05 Å². The molecule has 4 unspecified atom stereocenters. The molecule has 3 aromatic heterocycles. The van der Waals surface area contributed by atoms with Crippen LogP contribution in [0.2, 0.25) is 0 Å². The van der Waals surface area contributed by atoms with Gasteiger partial charge in [0.2, 0.25) is 11.4 Å². The van der Waals surface area contributed by atoms with Gasteiger partial charge in [-0.2, -0.15) is 0 Å². The zero-order valence-corrected chi connectivity index (χ0v) is 24.9. The van der Waals surface area contributed by atoms with Crippen LogP contribution in [0.15, 0.2) is 59.1 Å². The monoisotopic (exact) mass is 517 g/mol. The van der Waals surface area contributed by atoms with E-state index in [2.05, 4.69) is 120 Å². The van der Waals surface area contributed by atoms with Crippen molar-refractivity contribution in [3.63, 3.8) is 0 Å². The van der Waals surface area contributed by atoms with Crippen LogP contribution in [0.5, 0.6) is 0 Å². The molecule has 3 nitrogen and oxygen atoms in total. The Morgan fingerprint density at radius 2 is 1.33 bits per heavy atom. The van der Waals surface area contributed by atoms with E-state index in [4.69, 9.17) is 4.42 Å². The summed E-state index contributed by atoms with van der Waals surface area (Å²) < 4.78 is 8.63. The summed E-state index contributed by atoms with van der Waals surface area (Å²) in [6, 6.07) is 18.0. The Bertz CT molecular complexity index is 1710. The van der Waals surface area contributed by atoms with Crippen molar-refractivity contribution in [1.29, 1.82) is 0 Å². The van der Waals surface area contributed by atoms with E-state index in [9.17, 15) is 0 Å². The first-order valence-corrected chi connectivity index (χ1v) is 14.5.